The molecule has 0 saturated carbocycles. The third kappa shape index (κ3) is 5.14. The third-order valence-electron chi connectivity index (χ3n) is 2.52. The molecule has 1 aromatic heterocycles. The van der Waals surface area contributed by atoms with Crippen LogP contribution in [0.25, 0.3) is 0 Å². The summed E-state index contributed by atoms with van der Waals surface area (Å²) < 4.78 is 31.9. The molecule has 1 aromatic rings. The number of rotatable bonds is 9. The number of nitrogens with one attached hydrogen (secondary N) is 2. The lowest BCUT2D eigenvalue weighted by atomic mass is 10.4. The highest BCUT2D eigenvalue weighted by Crippen LogP contribution is 2.18. The van der Waals surface area contributed by atoms with Gasteiger partial charge in [-0.1, -0.05) is 13.3 Å². The molecule has 0 bridgehead atoms. The fourth-order valence-corrected chi connectivity index (χ4v) is 2.64. The molecule has 0 radical (unpaired) electrons. The van der Waals surface area contributed by atoms with Gasteiger partial charge in [-0.25, -0.2) is 13.1 Å². The van der Waals surface area contributed by atoms with Crippen LogP contribution in [0.1, 0.15) is 19.8 Å². The quantitative estimate of drug-likeness (QED) is 0.667. The molecule has 0 aromatic carbocycles. The van der Waals surface area contributed by atoms with Crippen molar-refractivity contribution in [2.75, 3.05) is 32.1 Å². The number of anilines is 1. The third-order valence-corrected chi connectivity index (χ3v) is 4.01. The molecule has 7 heteroatoms. The molecule has 19 heavy (non-hydrogen) atoms. The number of hydrogen-bond donors (Lipinski definition) is 2. The van der Waals surface area contributed by atoms with Gasteiger partial charge in [-0.3, -0.25) is 4.98 Å². The molecule has 0 fully saturated rings. The fraction of sp³-hybridized carbons (Fsp3) is 0.583. The van der Waals surface area contributed by atoms with Crippen LogP contribution in [-0.4, -0.2) is 40.2 Å². The van der Waals surface area contributed by atoms with Crippen molar-refractivity contribution >= 4 is 15.7 Å². The molecule has 108 valence electrons. The van der Waals surface area contributed by atoms with Gasteiger partial charge in [-0.2, -0.15) is 0 Å². The number of hydrogen-bond acceptors (Lipinski definition) is 5. The number of nitrogens with zero attached hydrogens (tertiary/aromatic N) is 1. The van der Waals surface area contributed by atoms with Crippen molar-refractivity contribution in [3.05, 3.63) is 18.5 Å². The normalized spacial score (nSPS) is 11.5. The number of sulfonamides is 1. The molecule has 2 N–H and O–H groups in total. The van der Waals surface area contributed by atoms with Gasteiger partial charge in [0.25, 0.3) is 0 Å². The predicted molar refractivity (Wildman–Crippen MR) is 74.7 cm³/mol. The minimum atomic E-state index is -3.55. The lowest BCUT2D eigenvalue weighted by molar-refractivity contribution is 0.136. The summed E-state index contributed by atoms with van der Waals surface area (Å²) in [4.78, 5) is 3.98. The zero-order valence-electron chi connectivity index (χ0n) is 11.3. The lowest BCUT2D eigenvalue weighted by Crippen LogP contribution is -2.28. The second-order valence-corrected chi connectivity index (χ2v) is 5.72. The van der Waals surface area contributed by atoms with E-state index >= 15 is 0 Å². The van der Waals surface area contributed by atoms with Crippen LogP contribution in [-0.2, 0) is 14.8 Å². The summed E-state index contributed by atoms with van der Waals surface area (Å²) >= 11 is 0. The van der Waals surface area contributed by atoms with Crippen LogP contribution in [0.3, 0.4) is 0 Å². The lowest BCUT2D eigenvalue weighted by Gasteiger charge is -2.10. The molecular weight excluding hydrogens is 266 g/mol. The summed E-state index contributed by atoms with van der Waals surface area (Å²) in [5.41, 5.74) is 0.523. The van der Waals surface area contributed by atoms with Crippen molar-refractivity contribution in [2.24, 2.45) is 0 Å². The SMILES string of the molecule is CCCCOCCNS(=O)(=O)c1cnccc1NC. The number of unbranched alkanes of at least 4 members (excludes halogenated alkanes) is 1. The zero-order valence-corrected chi connectivity index (χ0v) is 12.2. The molecular formula is C12H21N3O3S. The van der Waals surface area contributed by atoms with E-state index in [4.69, 9.17) is 4.74 Å². The van der Waals surface area contributed by atoms with E-state index < -0.39 is 10.0 Å². The van der Waals surface area contributed by atoms with Crippen molar-refractivity contribution in [1.82, 2.24) is 9.71 Å². The molecule has 1 heterocycles. The van der Waals surface area contributed by atoms with Crippen molar-refractivity contribution in [1.29, 1.82) is 0 Å². The summed E-state index contributed by atoms with van der Waals surface area (Å²) in [5, 5.41) is 2.83. The van der Waals surface area contributed by atoms with Crippen LogP contribution in [0.5, 0.6) is 0 Å². The Labute approximate surface area is 114 Å². The Morgan fingerprint density at radius 2 is 2.16 bits per heavy atom. The number of aromatic nitrogens is 1. The topological polar surface area (TPSA) is 80.3 Å². The van der Waals surface area contributed by atoms with Crippen molar-refractivity contribution in [2.45, 2.75) is 24.7 Å². The van der Waals surface area contributed by atoms with Gasteiger partial charge >= 0.3 is 0 Å². The maximum Gasteiger partial charge on any atom is 0.244 e. The van der Waals surface area contributed by atoms with E-state index in [0.29, 0.717) is 18.9 Å². The van der Waals surface area contributed by atoms with Crippen molar-refractivity contribution in [3.63, 3.8) is 0 Å². The first-order valence-corrected chi connectivity index (χ1v) is 7.79. The van der Waals surface area contributed by atoms with E-state index in [2.05, 4.69) is 21.9 Å². The van der Waals surface area contributed by atoms with Gasteiger partial charge in [0.05, 0.1) is 12.3 Å². The minimum absolute atomic E-state index is 0.144. The van der Waals surface area contributed by atoms with Crippen LogP contribution < -0.4 is 10.0 Å². The first-order chi connectivity index (χ1) is 9.11. The molecule has 0 aliphatic rings. The van der Waals surface area contributed by atoms with Gasteiger partial charge in [0, 0.05) is 32.6 Å². The first-order valence-electron chi connectivity index (χ1n) is 6.31. The Kier molecular flexibility index (Phi) is 6.75. The zero-order chi connectivity index (χ0) is 14.1. The summed E-state index contributed by atoms with van der Waals surface area (Å²) in [7, 11) is -1.88. The molecule has 6 nitrogen and oxygen atoms in total. The van der Waals surface area contributed by atoms with E-state index in [1.165, 1.54) is 6.20 Å². The average molecular weight is 287 g/mol. The van der Waals surface area contributed by atoms with Crippen LogP contribution >= 0.6 is 0 Å². The molecule has 0 saturated heterocycles. The molecule has 0 atom stereocenters. The van der Waals surface area contributed by atoms with E-state index in [0.717, 1.165) is 12.8 Å². The summed E-state index contributed by atoms with van der Waals surface area (Å²) in [6, 6.07) is 1.62. The van der Waals surface area contributed by atoms with Gasteiger partial charge in [-0.15, -0.1) is 0 Å². The second-order valence-electron chi connectivity index (χ2n) is 3.99. The Hall–Kier alpha value is -1.18. The Bertz CT molecular complexity index is 477. The Morgan fingerprint density at radius 1 is 1.37 bits per heavy atom. The second kappa shape index (κ2) is 8.08. The highest BCUT2D eigenvalue weighted by atomic mass is 32.2. The van der Waals surface area contributed by atoms with Crippen molar-refractivity contribution in [3.8, 4) is 0 Å². The van der Waals surface area contributed by atoms with Gasteiger partial charge in [0.2, 0.25) is 10.0 Å². The van der Waals surface area contributed by atoms with Gasteiger partial charge in [0.15, 0.2) is 0 Å². The van der Waals surface area contributed by atoms with E-state index in [-0.39, 0.29) is 11.4 Å². The smallest absolute Gasteiger partial charge is 0.244 e. The molecule has 1 rings (SSSR count). The largest absolute Gasteiger partial charge is 0.387 e. The standard InChI is InChI=1S/C12H21N3O3S/c1-3-4-8-18-9-7-15-19(16,17)12-10-14-6-5-11(12)13-2/h5-6,10,15H,3-4,7-9H2,1-2H3,(H,13,14). The molecule has 0 unspecified atom stereocenters. The maximum absolute atomic E-state index is 12.1. The monoisotopic (exact) mass is 287 g/mol. The van der Waals surface area contributed by atoms with E-state index in [1.807, 2.05) is 0 Å². The minimum Gasteiger partial charge on any atom is -0.387 e. The first kappa shape index (κ1) is 15.9. The van der Waals surface area contributed by atoms with Crippen LogP contribution in [0.2, 0.25) is 0 Å². The molecule has 0 aliphatic heterocycles. The molecule has 0 aliphatic carbocycles. The van der Waals surface area contributed by atoms with E-state index in [1.54, 1.807) is 19.3 Å². The summed E-state index contributed by atoms with van der Waals surface area (Å²) in [6.07, 6.45) is 4.91. The van der Waals surface area contributed by atoms with E-state index in [9.17, 15) is 8.42 Å². The number of pyridine rings is 1. The Morgan fingerprint density at radius 3 is 2.84 bits per heavy atom. The predicted octanol–water partition coefficient (Wildman–Crippen LogP) is 1.22. The van der Waals surface area contributed by atoms with Gasteiger partial charge in [-0.05, 0) is 12.5 Å². The maximum atomic E-state index is 12.1. The highest BCUT2D eigenvalue weighted by molar-refractivity contribution is 7.89. The molecule has 0 amide bonds. The van der Waals surface area contributed by atoms with Crippen LogP contribution in [0, 0.1) is 0 Å². The Balaban J connectivity index is 2.52. The van der Waals surface area contributed by atoms with Crippen LogP contribution in [0.4, 0.5) is 5.69 Å². The van der Waals surface area contributed by atoms with Crippen LogP contribution in [0.15, 0.2) is 23.4 Å². The van der Waals surface area contributed by atoms with Gasteiger partial charge < -0.3 is 10.1 Å². The van der Waals surface area contributed by atoms with Crippen molar-refractivity contribution < 1.29 is 13.2 Å². The molecule has 0 spiro atoms. The summed E-state index contributed by atoms with van der Waals surface area (Å²) in [6.45, 7) is 3.36. The average Bonchev–Trinajstić information content (AvgIpc) is 2.42. The van der Waals surface area contributed by atoms with Gasteiger partial charge in [0.1, 0.15) is 4.90 Å². The fourth-order valence-electron chi connectivity index (χ4n) is 1.48. The highest BCUT2D eigenvalue weighted by Gasteiger charge is 2.17. The summed E-state index contributed by atoms with van der Waals surface area (Å²) in [5.74, 6) is 0. The number of ether oxygens (including phenoxy) is 1.